The summed E-state index contributed by atoms with van der Waals surface area (Å²) in [7, 11) is 0. The van der Waals surface area contributed by atoms with Gasteiger partial charge in [0, 0.05) is 35.3 Å². The van der Waals surface area contributed by atoms with Gasteiger partial charge >= 0.3 is 63.2 Å². The van der Waals surface area contributed by atoms with Crippen LogP contribution in [-0.2, 0) is 68.6 Å². The van der Waals surface area contributed by atoms with E-state index in [1.54, 1.807) is 6.20 Å². The Morgan fingerprint density at radius 3 is 0.991 bits per heavy atom. The van der Waals surface area contributed by atoms with Crippen LogP contribution in [0.5, 0.6) is 11.8 Å². The Labute approximate surface area is 717 Å². The van der Waals surface area contributed by atoms with E-state index in [2.05, 4.69) is 242 Å². The predicted molar refractivity (Wildman–Crippen MR) is 456 cm³/mol. The maximum atomic E-state index is 6.23. The molecule has 0 aliphatic carbocycles. The van der Waals surface area contributed by atoms with Crippen molar-refractivity contribution in [3.8, 4) is 146 Å². The summed E-state index contributed by atoms with van der Waals surface area (Å²) in [5.74, 6) is 0.942. The van der Waals surface area contributed by atoms with Crippen LogP contribution in [0, 0.1) is 36.4 Å². The quantitative estimate of drug-likeness (QED) is 0.0891. The van der Waals surface area contributed by atoms with E-state index in [0.717, 1.165) is 118 Å². The minimum absolute atomic E-state index is 0. The molecule has 0 bridgehead atoms. The summed E-state index contributed by atoms with van der Waals surface area (Å²) in [6.07, 6.45) is 3.65. The zero-order valence-corrected chi connectivity index (χ0v) is 69.6. The second-order valence-electron chi connectivity index (χ2n) is 26.8. The molecule has 0 N–H and O–H groups in total. The first-order valence-corrected chi connectivity index (χ1v) is 37.1. The van der Waals surface area contributed by atoms with Gasteiger partial charge in [-0.15, -0.1) is 214 Å². The van der Waals surface area contributed by atoms with Crippen LogP contribution in [0.15, 0.2) is 413 Å². The van der Waals surface area contributed by atoms with Gasteiger partial charge in [0.1, 0.15) is 0 Å². The molecule has 115 heavy (non-hydrogen) atoms. The molecule has 0 aliphatic rings. The molecule has 0 radical (unpaired) electrons. The minimum Gasteiger partial charge on any atom is -0.422 e. The van der Waals surface area contributed by atoms with E-state index >= 15 is 0 Å². The van der Waals surface area contributed by atoms with Crippen LogP contribution < -0.4 is 4.74 Å². The van der Waals surface area contributed by atoms with Gasteiger partial charge < -0.3 is 24.7 Å². The largest absolute Gasteiger partial charge is 2.00 e. The molecule has 0 saturated carbocycles. The zero-order chi connectivity index (χ0) is 75.9. The van der Waals surface area contributed by atoms with Crippen molar-refractivity contribution in [2.45, 2.75) is 19.3 Å². The monoisotopic (exact) mass is 2020 g/mol. The molecule has 10 heteroatoms. The molecular formula is C105H74N6OPt3. The fourth-order valence-electron chi connectivity index (χ4n) is 12.9. The number of hydrogen-bond acceptors (Lipinski definition) is 7. The van der Waals surface area contributed by atoms with E-state index in [9.17, 15) is 0 Å². The Kier molecular flexibility index (Phi) is 29.0. The van der Waals surface area contributed by atoms with Gasteiger partial charge in [-0.05, 0) is 128 Å². The van der Waals surface area contributed by atoms with Crippen molar-refractivity contribution in [3.63, 3.8) is 0 Å². The van der Waals surface area contributed by atoms with E-state index in [-0.39, 0.29) is 63.2 Å². The van der Waals surface area contributed by atoms with Crippen molar-refractivity contribution < 1.29 is 67.9 Å². The first-order chi connectivity index (χ1) is 55.3. The number of rotatable bonds is 16. The van der Waals surface area contributed by atoms with Gasteiger partial charge in [-0.2, -0.15) is 0 Å². The average Bonchev–Trinajstić information content (AvgIpc) is 0.771. The maximum Gasteiger partial charge on any atom is 2.00 e. The Morgan fingerprint density at radius 2 is 0.548 bits per heavy atom. The second kappa shape index (κ2) is 40.7. The number of ether oxygens (including phenoxy) is 1. The molecule has 0 aliphatic heterocycles. The molecule has 18 aromatic rings. The molecule has 0 atom stereocenters. The second-order valence-corrected chi connectivity index (χ2v) is 26.8. The van der Waals surface area contributed by atoms with Crippen molar-refractivity contribution >= 4 is 0 Å². The van der Waals surface area contributed by atoms with Crippen LogP contribution >= 0.6 is 0 Å². The van der Waals surface area contributed by atoms with Gasteiger partial charge in [0.2, 0.25) is 11.8 Å². The summed E-state index contributed by atoms with van der Waals surface area (Å²) in [6, 6.07) is 154. The average molecular weight is 2020 g/mol. The summed E-state index contributed by atoms with van der Waals surface area (Å²) >= 11 is 0. The topological polar surface area (TPSA) is 86.6 Å². The summed E-state index contributed by atoms with van der Waals surface area (Å²) < 4.78 is 6.23. The molecule has 6 heterocycles. The van der Waals surface area contributed by atoms with Gasteiger partial charge in [0.25, 0.3) is 0 Å². The first-order valence-electron chi connectivity index (χ1n) is 37.1. The standard InChI is InChI=1S/C37H28N2.C34H22N2O.2C17H12N.3Pt/c1-37(2,35-23-13-22-33(38-35)31-21-12-20-30(24-31)27-14-6-3-7-15-27)36-26-32(28-16-8-4-9-17-28)25-34(39-36)29-18-10-5-11-19-29;1-4-12-25(13-5-1)28-18-10-19-29(22-28)31-20-11-21-33(35-31)37-34-24-30(26-14-6-2-7-15-26)23-32(36-34)27-16-8-3-9-17-27;1-3-7-14(8-4-1)16-11-12-18-17(13-16)15-9-5-2-6-10-15;1-2-7-14(8-3-1)15-9-6-10-16(13-15)17-11-4-5-12-18-17;;;/h3-18,20,22-26H,1-2H3;1-16,18,20-24H;2*1-9,11-13H;;;/q2*-2;2*-1;3*+2. The molecular weight excluding hydrogens is 1950 g/mol. The summed E-state index contributed by atoms with van der Waals surface area (Å²) in [5, 5.41) is 0. The van der Waals surface area contributed by atoms with Gasteiger partial charge in [-0.3, -0.25) is 9.97 Å². The molecule has 0 spiro atoms. The van der Waals surface area contributed by atoms with E-state index in [4.69, 9.17) is 24.7 Å². The van der Waals surface area contributed by atoms with E-state index in [1.165, 1.54) is 27.8 Å². The zero-order valence-electron chi connectivity index (χ0n) is 62.8. The Balaban J connectivity index is 0.000000148. The third-order valence-corrected chi connectivity index (χ3v) is 18.8. The number of pyridine rings is 6. The van der Waals surface area contributed by atoms with Crippen molar-refractivity contribution in [3.05, 3.63) is 461 Å². The third-order valence-electron chi connectivity index (χ3n) is 18.8. The van der Waals surface area contributed by atoms with Crippen LogP contribution in [0.25, 0.3) is 134 Å². The summed E-state index contributed by atoms with van der Waals surface area (Å²) in [6.45, 7) is 4.39. The van der Waals surface area contributed by atoms with Crippen molar-refractivity contribution in [2.75, 3.05) is 0 Å². The summed E-state index contributed by atoms with van der Waals surface area (Å²) in [4.78, 5) is 28.6. The molecule has 7 nitrogen and oxygen atoms in total. The minimum atomic E-state index is -0.443. The molecule has 0 fully saturated rings. The Bertz CT molecular complexity index is 5700. The number of aromatic nitrogens is 6. The predicted octanol–water partition coefficient (Wildman–Crippen LogP) is 26.0. The fraction of sp³-hybridized carbons (Fsp3) is 0.0286. The van der Waals surface area contributed by atoms with E-state index in [0.29, 0.717) is 11.8 Å². The van der Waals surface area contributed by atoms with Gasteiger partial charge in [-0.1, -0.05) is 237 Å². The fourth-order valence-corrected chi connectivity index (χ4v) is 12.9. The molecule has 12 aromatic carbocycles. The van der Waals surface area contributed by atoms with Crippen LogP contribution in [0.3, 0.4) is 0 Å². The molecule has 6 aromatic heterocycles. The maximum absolute atomic E-state index is 6.23. The van der Waals surface area contributed by atoms with E-state index < -0.39 is 5.41 Å². The smallest absolute Gasteiger partial charge is 0.422 e. The van der Waals surface area contributed by atoms with Crippen molar-refractivity contribution in [1.29, 1.82) is 0 Å². The number of hydrogen-bond donors (Lipinski definition) is 0. The van der Waals surface area contributed by atoms with Gasteiger partial charge in [-0.25, -0.2) is 0 Å². The van der Waals surface area contributed by atoms with Crippen LogP contribution in [0.4, 0.5) is 0 Å². The Hall–Kier alpha value is -12.6. The molecule has 0 amide bonds. The SMILES string of the molecule is CC(C)(c1cccc(-c2[c-]ccc(-c3ccccc3)c2)n1)c1cc(-c2ccccc2)cc(-c2[c-]cccc2)n1.[Pt+2].[Pt+2].[Pt+2].[c-]1ccc(-c2ccccc2)cc1-c1ccccn1.[c-]1ccccc1-c1cc(-c2ccccc2)cc(Oc2cccc(-c3[c-]ccc(-c4ccccc4)c3)n2)n1.[c-]1ccccc1-c1cc(-c2ccccc2)ccn1. The van der Waals surface area contributed by atoms with Crippen LogP contribution in [-0.4, -0.2) is 29.9 Å². The van der Waals surface area contributed by atoms with Crippen LogP contribution in [0.1, 0.15) is 25.2 Å². The normalized spacial score (nSPS) is 10.5. The molecule has 0 unspecified atom stereocenters. The third kappa shape index (κ3) is 21.6. The molecule has 18 rings (SSSR count). The summed E-state index contributed by atoms with van der Waals surface area (Å²) in [5.41, 5.74) is 26.3. The van der Waals surface area contributed by atoms with Crippen molar-refractivity contribution in [2.24, 2.45) is 0 Å². The first kappa shape index (κ1) is 81.9. The van der Waals surface area contributed by atoms with Crippen LogP contribution in [0.2, 0.25) is 0 Å². The van der Waals surface area contributed by atoms with E-state index in [1.807, 2.05) is 225 Å². The number of benzene rings is 12. The van der Waals surface area contributed by atoms with Crippen molar-refractivity contribution in [1.82, 2.24) is 29.9 Å². The number of nitrogens with zero attached hydrogens (tertiary/aromatic N) is 6. The Morgan fingerprint density at radius 1 is 0.209 bits per heavy atom. The van der Waals surface area contributed by atoms with Gasteiger partial charge in [0.15, 0.2) is 0 Å². The molecule has 560 valence electrons. The van der Waals surface area contributed by atoms with Gasteiger partial charge in [0.05, 0.1) is 0 Å². The molecule has 0 saturated heterocycles.